The number of likely N-dealkylation sites (tertiary alicyclic amines) is 1. The summed E-state index contributed by atoms with van der Waals surface area (Å²) in [6.07, 6.45) is 18.2. The van der Waals surface area contributed by atoms with Crippen molar-refractivity contribution >= 4 is 6.03 Å². The van der Waals surface area contributed by atoms with Gasteiger partial charge in [0.25, 0.3) is 0 Å². The van der Waals surface area contributed by atoms with E-state index in [2.05, 4.69) is 30.5 Å². The molecule has 1 atom stereocenters. The normalized spacial score (nSPS) is 39.1. The third-order valence-electron chi connectivity index (χ3n) is 8.20. The first kappa shape index (κ1) is 20.9. The molecular formula is C24H39N3O2. The van der Waals surface area contributed by atoms with Gasteiger partial charge in [-0.2, -0.15) is 0 Å². The fraction of sp³-hybridized carbons (Fsp3) is 0.792. The number of hydroxylamine groups is 3. The molecule has 4 aliphatic rings. The Morgan fingerprint density at radius 3 is 2.59 bits per heavy atom. The Balaban J connectivity index is 1.22. The van der Waals surface area contributed by atoms with Gasteiger partial charge in [-0.3, -0.25) is 0 Å². The predicted molar refractivity (Wildman–Crippen MR) is 117 cm³/mol. The summed E-state index contributed by atoms with van der Waals surface area (Å²) in [6, 6.07) is 0.633. The van der Waals surface area contributed by atoms with Crippen LogP contribution in [0.2, 0.25) is 0 Å². The maximum Gasteiger partial charge on any atom is 0.317 e. The lowest BCUT2D eigenvalue weighted by molar-refractivity contribution is -0.886. The molecule has 1 heterocycles. The van der Waals surface area contributed by atoms with Crippen LogP contribution < -0.4 is 5.32 Å². The van der Waals surface area contributed by atoms with Gasteiger partial charge in [0.1, 0.15) is 0 Å². The van der Waals surface area contributed by atoms with Gasteiger partial charge in [0.2, 0.25) is 0 Å². The van der Waals surface area contributed by atoms with Crippen LogP contribution in [0.4, 0.5) is 4.79 Å². The second-order valence-corrected chi connectivity index (χ2v) is 10.1. The number of nitrogens with zero attached hydrogens (tertiary/aromatic N) is 2. The number of rotatable bonds is 5. The van der Waals surface area contributed by atoms with Crippen LogP contribution in [0.5, 0.6) is 0 Å². The molecule has 2 saturated carbocycles. The van der Waals surface area contributed by atoms with Gasteiger partial charge in [0.15, 0.2) is 0 Å². The third-order valence-corrected chi connectivity index (χ3v) is 8.20. The highest BCUT2D eigenvalue weighted by Gasteiger charge is 2.56. The molecule has 0 aromatic heterocycles. The quantitative estimate of drug-likeness (QED) is 0.534. The zero-order valence-electron chi connectivity index (χ0n) is 18.4. The molecule has 5 heteroatoms. The summed E-state index contributed by atoms with van der Waals surface area (Å²) in [7, 11) is 1.92. The highest BCUT2D eigenvalue weighted by atomic mass is 16.5. The third kappa shape index (κ3) is 4.56. The van der Waals surface area contributed by atoms with E-state index in [4.69, 9.17) is 0 Å². The van der Waals surface area contributed by atoms with E-state index in [0.29, 0.717) is 31.1 Å². The monoisotopic (exact) mass is 401 g/mol. The second kappa shape index (κ2) is 8.43. The average Bonchev–Trinajstić information content (AvgIpc) is 3.40. The van der Waals surface area contributed by atoms with Crippen LogP contribution in [-0.4, -0.2) is 54.3 Å². The van der Waals surface area contributed by atoms with Gasteiger partial charge in [0, 0.05) is 32.0 Å². The van der Waals surface area contributed by atoms with Gasteiger partial charge >= 0.3 is 6.03 Å². The smallest absolute Gasteiger partial charge is 0.317 e. The maximum atomic E-state index is 12.8. The van der Waals surface area contributed by atoms with Crippen molar-refractivity contribution in [3.05, 3.63) is 29.0 Å². The van der Waals surface area contributed by atoms with E-state index >= 15 is 0 Å². The summed E-state index contributed by atoms with van der Waals surface area (Å²) in [5, 5.41) is 15.9. The van der Waals surface area contributed by atoms with Crippen molar-refractivity contribution in [1.82, 2.24) is 10.2 Å². The van der Waals surface area contributed by atoms with Crippen molar-refractivity contribution < 1.29 is 9.44 Å². The van der Waals surface area contributed by atoms with Crippen molar-refractivity contribution in [2.24, 2.45) is 11.3 Å². The van der Waals surface area contributed by atoms with Gasteiger partial charge in [-0.1, -0.05) is 25.2 Å². The molecule has 1 N–H and O–H groups in total. The van der Waals surface area contributed by atoms with Crippen LogP contribution >= 0.6 is 0 Å². The number of carbonyl (C=O) groups is 1. The summed E-state index contributed by atoms with van der Waals surface area (Å²) in [5.74, 6) is 0.729. The molecule has 1 saturated heterocycles. The Morgan fingerprint density at radius 1 is 1.24 bits per heavy atom. The number of nitrogens with one attached hydrogen (secondary N) is 1. The molecule has 162 valence electrons. The molecule has 0 aromatic rings. The molecule has 0 radical (unpaired) electrons. The first-order chi connectivity index (χ1) is 13.9. The fourth-order valence-electron chi connectivity index (χ4n) is 6.03. The van der Waals surface area contributed by atoms with Crippen LogP contribution in [0.3, 0.4) is 0 Å². The molecule has 1 spiro atoms. The minimum Gasteiger partial charge on any atom is -0.633 e. The van der Waals surface area contributed by atoms with Gasteiger partial charge in [-0.25, -0.2) is 4.79 Å². The highest BCUT2D eigenvalue weighted by molar-refractivity contribution is 5.75. The Morgan fingerprint density at radius 2 is 1.97 bits per heavy atom. The molecular weight excluding hydrogens is 362 g/mol. The minimum absolute atomic E-state index is 0.0679. The molecule has 1 aliphatic heterocycles. The average molecular weight is 402 g/mol. The Kier molecular flexibility index (Phi) is 6.08. The molecule has 0 aromatic carbocycles. The van der Waals surface area contributed by atoms with E-state index in [1.54, 1.807) is 5.57 Å². The Hall–Kier alpha value is -1.33. The number of hydrogen-bond donors (Lipinski definition) is 1. The zero-order valence-corrected chi connectivity index (χ0v) is 18.4. The molecule has 2 amide bonds. The first-order valence-electron chi connectivity index (χ1n) is 11.9. The van der Waals surface area contributed by atoms with Gasteiger partial charge in [-0.05, 0) is 68.3 Å². The van der Waals surface area contributed by atoms with Crippen molar-refractivity contribution in [2.75, 3.05) is 26.7 Å². The first-order valence-corrected chi connectivity index (χ1v) is 11.9. The fourth-order valence-corrected chi connectivity index (χ4v) is 6.03. The van der Waals surface area contributed by atoms with E-state index in [9.17, 15) is 10.0 Å². The number of hydrogen-bond acceptors (Lipinski definition) is 2. The van der Waals surface area contributed by atoms with E-state index in [-0.39, 0.29) is 16.7 Å². The molecule has 3 aliphatic carbocycles. The summed E-state index contributed by atoms with van der Waals surface area (Å²) in [5.41, 5.74) is 1.92. The summed E-state index contributed by atoms with van der Waals surface area (Å²) in [6.45, 7) is 4.08. The molecule has 29 heavy (non-hydrogen) atoms. The zero-order chi connectivity index (χ0) is 20.5. The molecule has 0 unspecified atom stereocenters. The summed E-state index contributed by atoms with van der Waals surface area (Å²) in [4.78, 5) is 14.7. The standard InChI is InChI=1S/C24H39N3O2/c1-3-15-27(29)16-11-21(12-17-27)26(2)23(28)25-22-18-24(22)13-9-20(10-14-24)19-7-5-4-6-8-19/h5,7-8,20-22H,3-4,6,9-18H2,1-2H3,(H,25,28)/t20?,21?,22-,24?,27?/m0/s1. The van der Waals surface area contributed by atoms with Crippen LogP contribution in [0.25, 0.3) is 0 Å². The largest absolute Gasteiger partial charge is 0.633 e. The lowest BCUT2D eigenvalue weighted by Gasteiger charge is -2.48. The molecule has 4 rings (SSSR count). The lowest BCUT2D eigenvalue weighted by atomic mass is 9.75. The number of amides is 2. The second-order valence-electron chi connectivity index (χ2n) is 10.1. The topological polar surface area (TPSA) is 55.4 Å². The lowest BCUT2D eigenvalue weighted by Crippen LogP contribution is -2.55. The number of urea groups is 1. The maximum absolute atomic E-state index is 12.8. The van der Waals surface area contributed by atoms with E-state index in [1.807, 2.05) is 11.9 Å². The van der Waals surface area contributed by atoms with Crippen LogP contribution in [0.1, 0.15) is 71.1 Å². The van der Waals surface area contributed by atoms with Crippen LogP contribution in [-0.2, 0) is 0 Å². The van der Waals surface area contributed by atoms with Crippen LogP contribution in [0.15, 0.2) is 23.8 Å². The van der Waals surface area contributed by atoms with Crippen molar-refractivity contribution in [3.8, 4) is 0 Å². The number of carbonyl (C=O) groups excluding carboxylic acids is 1. The predicted octanol–water partition coefficient (Wildman–Crippen LogP) is 4.74. The van der Waals surface area contributed by atoms with E-state index in [1.165, 1.54) is 38.5 Å². The van der Waals surface area contributed by atoms with Gasteiger partial charge in [0.05, 0.1) is 19.6 Å². The number of piperidine rings is 1. The van der Waals surface area contributed by atoms with Crippen molar-refractivity contribution in [2.45, 2.75) is 83.2 Å². The van der Waals surface area contributed by atoms with E-state index < -0.39 is 0 Å². The van der Waals surface area contributed by atoms with Crippen LogP contribution in [0, 0.1) is 16.5 Å². The van der Waals surface area contributed by atoms with Crippen molar-refractivity contribution in [1.29, 1.82) is 0 Å². The molecule has 0 bridgehead atoms. The summed E-state index contributed by atoms with van der Waals surface area (Å²) < 4.78 is -0.0685. The van der Waals surface area contributed by atoms with E-state index in [0.717, 1.165) is 31.6 Å². The Labute approximate surface area is 176 Å². The van der Waals surface area contributed by atoms with Gasteiger partial charge < -0.3 is 20.1 Å². The number of quaternary nitrogens is 1. The molecule has 3 fully saturated rings. The Bertz CT molecular complexity index is 655. The SMILES string of the molecule is CCC[N+]1([O-])CCC(N(C)C(=O)N[C@H]2CC23CCC(C2=CCCC=C2)CC3)CC1. The highest BCUT2D eigenvalue weighted by Crippen LogP contribution is 2.58. The van der Waals surface area contributed by atoms with Crippen molar-refractivity contribution in [3.63, 3.8) is 0 Å². The minimum atomic E-state index is -0.0685. The molecule has 5 nitrogen and oxygen atoms in total. The number of allylic oxidation sites excluding steroid dienone is 4. The summed E-state index contributed by atoms with van der Waals surface area (Å²) >= 11 is 0. The van der Waals surface area contributed by atoms with Gasteiger partial charge in [-0.15, -0.1) is 0 Å².